The highest BCUT2D eigenvalue weighted by Gasteiger charge is 2.21. The van der Waals surface area contributed by atoms with E-state index in [0.29, 0.717) is 28.6 Å². The molecular weight excluding hydrogens is 264 g/mol. The SMILES string of the molecule is COC(=O)C(CC(C)C)Nc1cc(Cl)ccc1C#N. The predicted octanol–water partition coefficient (Wildman–Crippen LogP) is 3.21. The number of anilines is 1. The number of hydrogen-bond acceptors (Lipinski definition) is 4. The molecule has 0 aliphatic rings. The number of hydrogen-bond donors (Lipinski definition) is 1. The predicted molar refractivity (Wildman–Crippen MR) is 75.0 cm³/mol. The molecule has 0 amide bonds. The Balaban J connectivity index is 2.99. The van der Waals surface area contributed by atoms with Crippen LogP contribution in [0.5, 0.6) is 0 Å². The summed E-state index contributed by atoms with van der Waals surface area (Å²) in [6, 6.07) is 6.47. The Labute approximate surface area is 118 Å². The number of rotatable bonds is 5. The second-order valence-electron chi connectivity index (χ2n) is 4.65. The van der Waals surface area contributed by atoms with E-state index in [4.69, 9.17) is 21.6 Å². The molecule has 1 N–H and O–H groups in total. The van der Waals surface area contributed by atoms with Crippen LogP contribution in [0.15, 0.2) is 18.2 Å². The van der Waals surface area contributed by atoms with Gasteiger partial charge in [0, 0.05) is 5.02 Å². The first kappa shape index (κ1) is 15.3. The maximum absolute atomic E-state index is 11.7. The van der Waals surface area contributed by atoms with E-state index in [2.05, 4.69) is 11.4 Å². The summed E-state index contributed by atoms with van der Waals surface area (Å²) in [6.07, 6.45) is 0.615. The van der Waals surface area contributed by atoms with E-state index < -0.39 is 6.04 Å². The third kappa shape index (κ3) is 4.46. The van der Waals surface area contributed by atoms with Crippen LogP contribution in [0.25, 0.3) is 0 Å². The van der Waals surface area contributed by atoms with Crippen molar-refractivity contribution in [3.05, 3.63) is 28.8 Å². The summed E-state index contributed by atoms with van der Waals surface area (Å²) in [6.45, 7) is 4.03. The van der Waals surface area contributed by atoms with Gasteiger partial charge < -0.3 is 10.1 Å². The summed E-state index contributed by atoms with van der Waals surface area (Å²) < 4.78 is 4.77. The zero-order valence-electron chi connectivity index (χ0n) is 11.2. The Morgan fingerprint density at radius 1 is 1.53 bits per heavy atom. The largest absolute Gasteiger partial charge is 0.467 e. The molecule has 4 nitrogen and oxygen atoms in total. The van der Waals surface area contributed by atoms with Crippen LogP contribution in [0, 0.1) is 17.2 Å². The number of methoxy groups -OCH3 is 1. The van der Waals surface area contributed by atoms with Crippen molar-refractivity contribution in [3.63, 3.8) is 0 Å². The maximum Gasteiger partial charge on any atom is 0.328 e. The molecule has 1 rings (SSSR count). The normalized spacial score (nSPS) is 11.8. The van der Waals surface area contributed by atoms with Gasteiger partial charge in [-0.25, -0.2) is 4.79 Å². The number of carbonyl (C=O) groups excluding carboxylic acids is 1. The third-order valence-electron chi connectivity index (χ3n) is 2.62. The zero-order valence-corrected chi connectivity index (χ0v) is 12.0. The molecule has 1 aromatic carbocycles. The van der Waals surface area contributed by atoms with E-state index in [-0.39, 0.29) is 5.97 Å². The molecule has 0 saturated carbocycles. The van der Waals surface area contributed by atoms with Crippen LogP contribution in [-0.2, 0) is 9.53 Å². The van der Waals surface area contributed by atoms with E-state index in [1.54, 1.807) is 18.2 Å². The summed E-state index contributed by atoms with van der Waals surface area (Å²) in [5, 5.41) is 12.6. The number of nitrogens with one attached hydrogen (secondary N) is 1. The monoisotopic (exact) mass is 280 g/mol. The van der Waals surface area contributed by atoms with E-state index in [1.165, 1.54) is 7.11 Å². The Morgan fingerprint density at radius 2 is 2.21 bits per heavy atom. The van der Waals surface area contributed by atoms with E-state index in [1.807, 2.05) is 13.8 Å². The van der Waals surface area contributed by atoms with Crippen LogP contribution >= 0.6 is 11.6 Å². The Bertz CT molecular complexity index is 495. The minimum Gasteiger partial charge on any atom is -0.467 e. The van der Waals surface area contributed by atoms with Gasteiger partial charge in [-0.15, -0.1) is 0 Å². The number of ether oxygens (including phenoxy) is 1. The average Bonchev–Trinajstić information content (AvgIpc) is 2.36. The van der Waals surface area contributed by atoms with Gasteiger partial charge in [-0.3, -0.25) is 0 Å². The lowest BCUT2D eigenvalue weighted by Gasteiger charge is -2.20. The van der Waals surface area contributed by atoms with Crippen LogP contribution in [0.2, 0.25) is 5.02 Å². The van der Waals surface area contributed by atoms with Gasteiger partial charge in [-0.2, -0.15) is 5.26 Å². The molecule has 0 radical (unpaired) electrons. The van der Waals surface area contributed by atoms with Gasteiger partial charge in [0.2, 0.25) is 0 Å². The van der Waals surface area contributed by atoms with Crippen molar-refractivity contribution in [2.75, 3.05) is 12.4 Å². The lowest BCUT2D eigenvalue weighted by molar-refractivity contribution is -0.141. The third-order valence-corrected chi connectivity index (χ3v) is 2.86. The highest BCUT2D eigenvalue weighted by atomic mass is 35.5. The summed E-state index contributed by atoms with van der Waals surface area (Å²) >= 11 is 5.91. The Hall–Kier alpha value is -1.73. The number of carbonyl (C=O) groups is 1. The van der Waals surface area contributed by atoms with Crippen molar-refractivity contribution < 1.29 is 9.53 Å². The number of benzene rings is 1. The second-order valence-corrected chi connectivity index (χ2v) is 5.09. The Kier molecular flexibility index (Phi) is 5.65. The van der Waals surface area contributed by atoms with Crippen LogP contribution in [0.4, 0.5) is 5.69 Å². The molecular formula is C14H17ClN2O2. The molecule has 0 aliphatic heterocycles. The fourth-order valence-electron chi connectivity index (χ4n) is 1.75. The Morgan fingerprint density at radius 3 is 2.74 bits per heavy atom. The first-order valence-corrected chi connectivity index (χ1v) is 6.39. The van der Waals surface area contributed by atoms with Gasteiger partial charge >= 0.3 is 5.97 Å². The topological polar surface area (TPSA) is 62.1 Å². The average molecular weight is 281 g/mol. The lowest BCUT2D eigenvalue weighted by Crippen LogP contribution is -2.32. The molecule has 0 bridgehead atoms. The molecule has 0 spiro atoms. The highest BCUT2D eigenvalue weighted by Crippen LogP contribution is 2.22. The number of esters is 1. The molecule has 0 aliphatic carbocycles. The lowest BCUT2D eigenvalue weighted by atomic mass is 10.0. The minimum atomic E-state index is -0.490. The molecule has 0 aromatic heterocycles. The summed E-state index contributed by atoms with van der Waals surface area (Å²) in [4.78, 5) is 11.7. The fraction of sp³-hybridized carbons (Fsp3) is 0.429. The standard InChI is InChI=1S/C14H17ClN2O2/c1-9(2)6-13(14(18)19-3)17-12-7-11(15)5-4-10(12)8-16/h4-5,7,9,13,17H,6H2,1-3H3. The van der Waals surface area contributed by atoms with Crippen LogP contribution in [0.3, 0.4) is 0 Å². The number of halogens is 1. The summed E-state index contributed by atoms with van der Waals surface area (Å²) in [5.41, 5.74) is 0.994. The molecule has 0 heterocycles. The molecule has 1 atom stereocenters. The van der Waals surface area contributed by atoms with Gasteiger partial charge in [0.05, 0.1) is 18.4 Å². The second kappa shape index (κ2) is 7.01. The maximum atomic E-state index is 11.7. The van der Waals surface area contributed by atoms with Crippen molar-refractivity contribution >= 4 is 23.3 Å². The fourth-order valence-corrected chi connectivity index (χ4v) is 1.92. The molecule has 0 saturated heterocycles. The molecule has 1 unspecified atom stereocenters. The van der Waals surface area contributed by atoms with Gasteiger partial charge in [0.25, 0.3) is 0 Å². The molecule has 0 fully saturated rings. The first-order valence-electron chi connectivity index (χ1n) is 6.02. The minimum absolute atomic E-state index is 0.321. The molecule has 102 valence electrons. The van der Waals surface area contributed by atoms with Crippen molar-refractivity contribution in [1.82, 2.24) is 0 Å². The summed E-state index contributed by atoms with van der Waals surface area (Å²) in [5.74, 6) is -0.0288. The van der Waals surface area contributed by atoms with E-state index in [0.717, 1.165) is 0 Å². The van der Waals surface area contributed by atoms with Gasteiger partial charge in [-0.05, 0) is 30.5 Å². The van der Waals surface area contributed by atoms with E-state index in [9.17, 15) is 4.79 Å². The smallest absolute Gasteiger partial charge is 0.328 e. The summed E-state index contributed by atoms with van der Waals surface area (Å²) in [7, 11) is 1.35. The quantitative estimate of drug-likeness (QED) is 0.841. The van der Waals surface area contributed by atoms with Crippen molar-refractivity contribution in [1.29, 1.82) is 5.26 Å². The molecule has 5 heteroatoms. The molecule has 1 aromatic rings. The zero-order chi connectivity index (χ0) is 14.4. The van der Waals surface area contributed by atoms with Crippen molar-refractivity contribution in [2.45, 2.75) is 26.3 Å². The van der Waals surface area contributed by atoms with Crippen LogP contribution < -0.4 is 5.32 Å². The van der Waals surface area contributed by atoms with Crippen molar-refractivity contribution in [3.8, 4) is 6.07 Å². The van der Waals surface area contributed by atoms with E-state index >= 15 is 0 Å². The first-order chi connectivity index (χ1) is 8.97. The van der Waals surface area contributed by atoms with Gasteiger partial charge in [0.1, 0.15) is 12.1 Å². The van der Waals surface area contributed by atoms with Crippen LogP contribution in [-0.4, -0.2) is 19.1 Å². The van der Waals surface area contributed by atoms with Crippen molar-refractivity contribution in [2.24, 2.45) is 5.92 Å². The number of nitriles is 1. The number of nitrogens with zero attached hydrogens (tertiary/aromatic N) is 1. The molecule has 19 heavy (non-hydrogen) atoms. The van der Waals surface area contributed by atoms with Gasteiger partial charge in [-0.1, -0.05) is 25.4 Å². The highest BCUT2D eigenvalue weighted by molar-refractivity contribution is 6.30. The van der Waals surface area contributed by atoms with Gasteiger partial charge in [0.15, 0.2) is 0 Å². The van der Waals surface area contributed by atoms with Crippen LogP contribution in [0.1, 0.15) is 25.8 Å².